The summed E-state index contributed by atoms with van der Waals surface area (Å²) in [4.78, 5) is 10.6. The summed E-state index contributed by atoms with van der Waals surface area (Å²) in [6.07, 6.45) is 2.38. The molecule has 2 aromatic rings. The van der Waals surface area contributed by atoms with Gasteiger partial charge in [0, 0.05) is 12.1 Å². The van der Waals surface area contributed by atoms with Crippen molar-refractivity contribution in [2.24, 2.45) is 0 Å². The first-order valence-electron chi connectivity index (χ1n) is 6.09. The van der Waals surface area contributed by atoms with E-state index in [4.69, 9.17) is 0 Å². The predicted octanol–water partition coefficient (Wildman–Crippen LogP) is 4.14. The number of hydrogen-bond donors (Lipinski definition) is 0. The summed E-state index contributed by atoms with van der Waals surface area (Å²) in [6.45, 7) is 0. The highest BCUT2D eigenvalue weighted by Crippen LogP contribution is 2.45. The number of nitro groups is 1. The van der Waals surface area contributed by atoms with Crippen molar-refractivity contribution < 1.29 is 4.92 Å². The number of hydrogen-bond acceptors (Lipinski definition) is 2. The summed E-state index contributed by atoms with van der Waals surface area (Å²) in [5.41, 5.74) is 3.47. The van der Waals surface area contributed by atoms with Gasteiger partial charge in [-0.2, -0.15) is 0 Å². The molecule has 0 N–H and O–H groups in total. The van der Waals surface area contributed by atoms with Crippen LogP contribution in [-0.2, 0) is 0 Å². The third kappa shape index (κ3) is 1.99. The van der Waals surface area contributed by atoms with Gasteiger partial charge in [0.15, 0.2) is 0 Å². The minimum atomic E-state index is -0.330. The quantitative estimate of drug-likeness (QED) is 0.596. The first-order valence-corrected chi connectivity index (χ1v) is 6.09. The van der Waals surface area contributed by atoms with E-state index < -0.39 is 0 Å². The zero-order valence-electron chi connectivity index (χ0n) is 9.87. The second kappa shape index (κ2) is 4.26. The molecule has 0 bridgehead atoms. The summed E-state index contributed by atoms with van der Waals surface area (Å²) >= 11 is 0. The van der Waals surface area contributed by atoms with E-state index in [1.807, 2.05) is 36.4 Å². The van der Waals surface area contributed by atoms with Gasteiger partial charge < -0.3 is 0 Å². The second-order valence-corrected chi connectivity index (χ2v) is 4.67. The topological polar surface area (TPSA) is 43.1 Å². The number of non-ortho nitro benzene ring substituents is 1. The van der Waals surface area contributed by atoms with Crippen LogP contribution in [0.5, 0.6) is 0 Å². The van der Waals surface area contributed by atoms with Crippen molar-refractivity contribution in [1.29, 1.82) is 0 Å². The molecule has 0 radical (unpaired) electrons. The molecular weight excluding hydrogens is 226 g/mol. The molecule has 0 heterocycles. The molecule has 1 aliphatic carbocycles. The van der Waals surface area contributed by atoms with Crippen LogP contribution < -0.4 is 0 Å². The van der Waals surface area contributed by atoms with Crippen molar-refractivity contribution in [2.75, 3.05) is 0 Å². The molecule has 3 nitrogen and oxygen atoms in total. The van der Waals surface area contributed by atoms with Gasteiger partial charge in [-0.1, -0.05) is 36.4 Å². The maximum absolute atomic E-state index is 10.9. The van der Waals surface area contributed by atoms with Gasteiger partial charge in [-0.25, -0.2) is 0 Å². The van der Waals surface area contributed by atoms with E-state index in [9.17, 15) is 10.1 Å². The Hall–Kier alpha value is -2.16. The zero-order chi connectivity index (χ0) is 12.5. The Morgan fingerprint density at radius 1 is 1.06 bits per heavy atom. The van der Waals surface area contributed by atoms with Crippen LogP contribution in [0.25, 0.3) is 11.1 Å². The number of nitrogens with zero attached hydrogens (tertiary/aromatic N) is 1. The largest absolute Gasteiger partial charge is 0.270 e. The fourth-order valence-corrected chi connectivity index (χ4v) is 2.28. The first-order chi connectivity index (χ1) is 8.75. The van der Waals surface area contributed by atoms with Crippen molar-refractivity contribution >= 4 is 5.69 Å². The smallest absolute Gasteiger partial charge is 0.258 e. The Balaban J connectivity index is 2.14. The van der Waals surface area contributed by atoms with Gasteiger partial charge in [-0.3, -0.25) is 10.1 Å². The third-order valence-corrected chi connectivity index (χ3v) is 3.35. The summed E-state index contributed by atoms with van der Waals surface area (Å²) < 4.78 is 0. The van der Waals surface area contributed by atoms with Crippen LogP contribution in [0.4, 0.5) is 5.69 Å². The second-order valence-electron chi connectivity index (χ2n) is 4.67. The Kier molecular flexibility index (Phi) is 2.59. The third-order valence-electron chi connectivity index (χ3n) is 3.35. The van der Waals surface area contributed by atoms with Gasteiger partial charge in [-0.15, -0.1) is 0 Å². The summed E-state index contributed by atoms with van der Waals surface area (Å²) in [5, 5.41) is 10.9. The van der Waals surface area contributed by atoms with Gasteiger partial charge in [0.05, 0.1) is 4.92 Å². The van der Waals surface area contributed by atoms with Crippen LogP contribution in [0.3, 0.4) is 0 Å². The van der Waals surface area contributed by atoms with Crippen molar-refractivity contribution in [2.45, 2.75) is 18.8 Å². The Labute approximate surface area is 105 Å². The molecule has 1 fully saturated rings. The van der Waals surface area contributed by atoms with Crippen molar-refractivity contribution in [3.05, 3.63) is 64.2 Å². The van der Waals surface area contributed by atoms with Gasteiger partial charge in [0.2, 0.25) is 0 Å². The maximum atomic E-state index is 10.9. The first kappa shape index (κ1) is 11.0. The number of nitro benzene ring substituents is 1. The lowest BCUT2D eigenvalue weighted by atomic mass is 9.96. The van der Waals surface area contributed by atoms with Crippen LogP contribution in [0.2, 0.25) is 0 Å². The molecule has 0 aliphatic heterocycles. The Morgan fingerprint density at radius 3 is 2.39 bits per heavy atom. The fourth-order valence-electron chi connectivity index (χ4n) is 2.28. The highest BCUT2D eigenvalue weighted by molar-refractivity contribution is 5.71. The van der Waals surface area contributed by atoms with Gasteiger partial charge in [-0.05, 0) is 35.4 Å². The van der Waals surface area contributed by atoms with Crippen LogP contribution in [-0.4, -0.2) is 4.92 Å². The summed E-state index contributed by atoms with van der Waals surface area (Å²) in [6, 6.07) is 15.1. The number of rotatable bonds is 3. The fraction of sp³-hybridized carbons (Fsp3) is 0.200. The van der Waals surface area contributed by atoms with E-state index in [2.05, 4.69) is 0 Å². The molecule has 0 spiro atoms. The van der Waals surface area contributed by atoms with E-state index in [0.29, 0.717) is 5.92 Å². The molecule has 0 amide bonds. The molecule has 0 unspecified atom stereocenters. The average molecular weight is 239 g/mol. The Bertz CT molecular complexity index is 589. The molecule has 3 rings (SSSR count). The van der Waals surface area contributed by atoms with E-state index >= 15 is 0 Å². The minimum absolute atomic E-state index is 0.165. The standard InChI is InChI=1S/C15H13NO2/c17-16(18)13-8-9-14(12-6-7-12)15(10-13)11-4-2-1-3-5-11/h1-5,8-10,12H,6-7H2. The lowest BCUT2D eigenvalue weighted by Gasteiger charge is -2.08. The number of benzene rings is 2. The molecule has 1 aliphatic rings. The van der Waals surface area contributed by atoms with Gasteiger partial charge in [0.1, 0.15) is 0 Å². The molecule has 0 saturated heterocycles. The van der Waals surface area contributed by atoms with Crippen molar-refractivity contribution in [3.8, 4) is 11.1 Å². The van der Waals surface area contributed by atoms with E-state index in [0.717, 1.165) is 11.1 Å². The molecule has 2 aromatic carbocycles. The SMILES string of the molecule is O=[N+]([O-])c1ccc(C2CC2)c(-c2ccccc2)c1. The highest BCUT2D eigenvalue weighted by Gasteiger charge is 2.27. The van der Waals surface area contributed by atoms with E-state index in [1.165, 1.54) is 18.4 Å². The van der Waals surface area contributed by atoms with Gasteiger partial charge in [0.25, 0.3) is 5.69 Å². The highest BCUT2D eigenvalue weighted by atomic mass is 16.6. The van der Waals surface area contributed by atoms with Gasteiger partial charge >= 0.3 is 0 Å². The minimum Gasteiger partial charge on any atom is -0.258 e. The Morgan fingerprint density at radius 2 is 1.78 bits per heavy atom. The maximum Gasteiger partial charge on any atom is 0.270 e. The summed E-state index contributed by atoms with van der Waals surface area (Å²) in [5.74, 6) is 0.584. The zero-order valence-corrected chi connectivity index (χ0v) is 9.87. The molecule has 3 heteroatoms. The lowest BCUT2D eigenvalue weighted by Crippen LogP contribution is -1.92. The predicted molar refractivity (Wildman–Crippen MR) is 70.5 cm³/mol. The van der Waals surface area contributed by atoms with Crippen LogP contribution >= 0.6 is 0 Å². The van der Waals surface area contributed by atoms with Crippen LogP contribution in [0.1, 0.15) is 24.3 Å². The van der Waals surface area contributed by atoms with E-state index in [1.54, 1.807) is 12.1 Å². The monoisotopic (exact) mass is 239 g/mol. The molecule has 18 heavy (non-hydrogen) atoms. The summed E-state index contributed by atoms with van der Waals surface area (Å²) in [7, 11) is 0. The lowest BCUT2D eigenvalue weighted by molar-refractivity contribution is -0.384. The molecular formula is C15H13NO2. The molecule has 90 valence electrons. The molecule has 0 aromatic heterocycles. The van der Waals surface area contributed by atoms with Crippen LogP contribution in [0, 0.1) is 10.1 Å². The normalized spacial score (nSPS) is 14.4. The van der Waals surface area contributed by atoms with E-state index in [-0.39, 0.29) is 10.6 Å². The van der Waals surface area contributed by atoms with Crippen molar-refractivity contribution in [1.82, 2.24) is 0 Å². The molecule has 0 atom stereocenters. The van der Waals surface area contributed by atoms with Crippen LogP contribution in [0.15, 0.2) is 48.5 Å². The van der Waals surface area contributed by atoms with Crippen molar-refractivity contribution in [3.63, 3.8) is 0 Å². The molecule has 1 saturated carbocycles. The average Bonchev–Trinajstić information content (AvgIpc) is 3.23.